The van der Waals surface area contributed by atoms with E-state index in [2.05, 4.69) is 19.7 Å². The van der Waals surface area contributed by atoms with Crippen molar-refractivity contribution in [1.82, 2.24) is 0 Å². The fourth-order valence-corrected chi connectivity index (χ4v) is 0.754. The molecule has 0 fully saturated rings. The zero-order chi connectivity index (χ0) is 10.3. The highest BCUT2D eigenvalue weighted by molar-refractivity contribution is 7.81. The summed E-state index contributed by atoms with van der Waals surface area (Å²) >= 11 is 0. The molecule has 0 aliphatic heterocycles. The molecule has 0 bridgehead atoms. The molecule has 76 valence electrons. The van der Waals surface area contributed by atoms with E-state index in [-0.39, 0.29) is 13.2 Å². The minimum atomic E-state index is -3.94. The largest absolute Gasteiger partial charge is 0.460 e. The number of rotatable bonds is 6. The van der Waals surface area contributed by atoms with Crippen LogP contribution in [0.3, 0.4) is 0 Å². The van der Waals surface area contributed by atoms with Gasteiger partial charge in [-0.05, 0) is 0 Å². The van der Waals surface area contributed by atoms with Crippen LogP contribution in [0.2, 0.25) is 0 Å². The first-order valence-electron chi connectivity index (χ1n) is 3.26. The van der Waals surface area contributed by atoms with Gasteiger partial charge in [0, 0.05) is 6.08 Å². The van der Waals surface area contributed by atoms with Crippen LogP contribution < -0.4 is 0 Å². The molecule has 0 N–H and O–H groups in total. The molecule has 0 aliphatic rings. The molecule has 0 aromatic carbocycles. The predicted molar refractivity (Wildman–Crippen MR) is 43.0 cm³/mol. The van der Waals surface area contributed by atoms with Gasteiger partial charge in [-0.15, -0.1) is 0 Å². The minimum absolute atomic E-state index is 0.173. The summed E-state index contributed by atoms with van der Waals surface area (Å²) in [6, 6.07) is 0. The third kappa shape index (κ3) is 6.26. The van der Waals surface area contributed by atoms with E-state index >= 15 is 0 Å². The van der Waals surface area contributed by atoms with Gasteiger partial charge < -0.3 is 4.74 Å². The first-order chi connectivity index (χ1) is 6.02. The lowest BCUT2D eigenvalue weighted by molar-refractivity contribution is -0.138. The second-order valence-corrected chi connectivity index (χ2v) is 3.15. The molecule has 0 saturated carbocycles. The molecule has 7 heteroatoms. The van der Waals surface area contributed by atoms with Crippen molar-refractivity contribution < 1.29 is 26.3 Å². The summed E-state index contributed by atoms with van der Waals surface area (Å²) in [4.78, 5) is 10.4. The van der Waals surface area contributed by atoms with E-state index in [1.54, 1.807) is 0 Å². The lowest BCUT2D eigenvalue weighted by Gasteiger charge is -2.02. The summed E-state index contributed by atoms with van der Waals surface area (Å²) in [6.07, 6.45) is 0.963. The second kappa shape index (κ2) is 5.68. The van der Waals surface area contributed by atoms with Gasteiger partial charge in [0.15, 0.2) is 0 Å². The van der Waals surface area contributed by atoms with Crippen molar-refractivity contribution in [3.63, 3.8) is 0 Å². The van der Waals surface area contributed by atoms with Gasteiger partial charge in [-0.25, -0.2) is 8.98 Å². The number of esters is 1. The van der Waals surface area contributed by atoms with Gasteiger partial charge in [0.1, 0.15) is 13.2 Å². The van der Waals surface area contributed by atoms with Crippen LogP contribution in [-0.4, -0.2) is 34.7 Å². The molecule has 0 saturated heterocycles. The molecular formula is C6H10O6S. The quantitative estimate of drug-likeness (QED) is 0.338. The summed E-state index contributed by atoms with van der Waals surface area (Å²) in [7, 11) is -2.98. The second-order valence-electron chi connectivity index (χ2n) is 1.77. The van der Waals surface area contributed by atoms with Crippen LogP contribution in [0, 0.1) is 0 Å². The van der Waals surface area contributed by atoms with Crippen molar-refractivity contribution in [3.8, 4) is 0 Å². The Morgan fingerprint density at radius 3 is 2.54 bits per heavy atom. The van der Waals surface area contributed by atoms with Crippen LogP contribution in [-0.2, 0) is 28.3 Å². The standard InChI is InChI=1S/C6H10O6S/c1-3-6(7)11-4-5-12-13(8,9)10-2/h3H,1,4-5H2,2H3. The third-order valence-electron chi connectivity index (χ3n) is 0.926. The minimum Gasteiger partial charge on any atom is -0.460 e. The smallest absolute Gasteiger partial charge is 0.399 e. The Balaban J connectivity index is 3.58. The Kier molecular flexibility index (Phi) is 5.28. The highest BCUT2D eigenvalue weighted by Crippen LogP contribution is 1.92. The van der Waals surface area contributed by atoms with Crippen molar-refractivity contribution in [1.29, 1.82) is 0 Å². The molecule has 0 amide bonds. The average Bonchev–Trinajstić information content (AvgIpc) is 2.12. The molecule has 0 spiro atoms. The number of carbonyl (C=O) groups is 1. The maximum Gasteiger partial charge on any atom is 0.399 e. The summed E-state index contributed by atoms with van der Waals surface area (Å²) in [5.41, 5.74) is 0. The molecule has 0 aromatic heterocycles. The first-order valence-corrected chi connectivity index (χ1v) is 4.59. The molecule has 0 unspecified atom stereocenters. The topological polar surface area (TPSA) is 78.9 Å². The molecule has 0 aliphatic carbocycles. The lowest BCUT2D eigenvalue weighted by atomic mass is 10.6. The predicted octanol–water partition coefficient (Wildman–Crippen LogP) is -0.377. The maximum absolute atomic E-state index is 10.5. The summed E-state index contributed by atoms with van der Waals surface area (Å²) in [5, 5.41) is 0. The Labute approximate surface area is 76.4 Å². The fraction of sp³-hybridized carbons (Fsp3) is 0.500. The van der Waals surface area contributed by atoms with Gasteiger partial charge in [-0.3, -0.25) is 4.18 Å². The first kappa shape index (κ1) is 12.1. The SMILES string of the molecule is C=CC(=O)OCCOS(=O)(=O)OC. The number of ether oxygens (including phenoxy) is 1. The van der Waals surface area contributed by atoms with Gasteiger partial charge in [0.05, 0.1) is 7.11 Å². The molecule has 0 heterocycles. The van der Waals surface area contributed by atoms with Crippen molar-refractivity contribution in [3.05, 3.63) is 12.7 Å². The highest BCUT2D eigenvalue weighted by atomic mass is 32.3. The van der Waals surface area contributed by atoms with E-state index in [0.717, 1.165) is 13.2 Å². The Hall–Kier alpha value is -0.920. The zero-order valence-electron chi connectivity index (χ0n) is 7.06. The van der Waals surface area contributed by atoms with E-state index in [4.69, 9.17) is 0 Å². The maximum atomic E-state index is 10.5. The number of carbonyl (C=O) groups excluding carboxylic acids is 1. The van der Waals surface area contributed by atoms with Gasteiger partial charge in [-0.2, -0.15) is 8.42 Å². The summed E-state index contributed by atoms with van der Waals surface area (Å²) < 4.78 is 33.6. The summed E-state index contributed by atoms with van der Waals surface area (Å²) in [5.74, 6) is -0.640. The molecule has 0 aromatic rings. The zero-order valence-corrected chi connectivity index (χ0v) is 7.87. The van der Waals surface area contributed by atoms with Crippen LogP contribution in [0.25, 0.3) is 0 Å². The van der Waals surface area contributed by atoms with Crippen molar-refractivity contribution in [2.24, 2.45) is 0 Å². The van der Waals surface area contributed by atoms with E-state index < -0.39 is 16.4 Å². The van der Waals surface area contributed by atoms with E-state index in [0.29, 0.717) is 0 Å². The normalized spacial score (nSPS) is 10.8. The number of hydrogen-bond donors (Lipinski definition) is 0. The third-order valence-corrected chi connectivity index (χ3v) is 1.79. The van der Waals surface area contributed by atoms with Gasteiger partial charge in [0.2, 0.25) is 0 Å². The van der Waals surface area contributed by atoms with E-state index in [1.165, 1.54) is 0 Å². The molecule has 13 heavy (non-hydrogen) atoms. The highest BCUT2D eigenvalue weighted by Gasteiger charge is 2.08. The lowest BCUT2D eigenvalue weighted by Crippen LogP contribution is -2.13. The summed E-state index contributed by atoms with van der Waals surface area (Å²) in [6.45, 7) is 2.69. The molecular weight excluding hydrogens is 200 g/mol. The van der Waals surface area contributed by atoms with Gasteiger partial charge in [-0.1, -0.05) is 6.58 Å². The van der Waals surface area contributed by atoms with Crippen molar-refractivity contribution in [2.75, 3.05) is 20.3 Å². The van der Waals surface area contributed by atoms with Crippen LogP contribution in [0.15, 0.2) is 12.7 Å². The van der Waals surface area contributed by atoms with Crippen LogP contribution in [0.1, 0.15) is 0 Å². The van der Waals surface area contributed by atoms with E-state index in [9.17, 15) is 13.2 Å². The number of hydrogen-bond acceptors (Lipinski definition) is 6. The fourth-order valence-electron chi connectivity index (χ4n) is 0.385. The Morgan fingerprint density at radius 2 is 2.08 bits per heavy atom. The van der Waals surface area contributed by atoms with Crippen LogP contribution in [0.4, 0.5) is 0 Å². The average molecular weight is 210 g/mol. The molecule has 6 nitrogen and oxygen atoms in total. The van der Waals surface area contributed by atoms with Crippen LogP contribution in [0.5, 0.6) is 0 Å². The van der Waals surface area contributed by atoms with Crippen molar-refractivity contribution >= 4 is 16.4 Å². The van der Waals surface area contributed by atoms with Gasteiger partial charge in [0.25, 0.3) is 0 Å². The van der Waals surface area contributed by atoms with Gasteiger partial charge >= 0.3 is 16.4 Å². The molecule has 0 radical (unpaired) electrons. The molecule has 0 rings (SSSR count). The Bertz CT molecular complexity index is 267. The Morgan fingerprint density at radius 1 is 1.46 bits per heavy atom. The monoisotopic (exact) mass is 210 g/mol. The van der Waals surface area contributed by atoms with E-state index in [1.807, 2.05) is 0 Å². The van der Waals surface area contributed by atoms with Crippen LogP contribution >= 0.6 is 0 Å². The van der Waals surface area contributed by atoms with Crippen molar-refractivity contribution in [2.45, 2.75) is 0 Å². The molecule has 0 atom stereocenters.